The number of ether oxygens (including phenoxy) is 2. The molecule has 14 nitrogen and oxygen atoms in total. The second-order valence-corrected chi connectivity index (χ2v) is 19.6. The van der Waals surface area contributed by atoms with E-state index < -0.39 is 38.6 Å². The molecule has 2 aromatic carbocycles. The fourth-order valence-corrected chi connectivity index (χ4v) is 8.69. The molecule has 292 valence electrons. The summed E-state index contributed by atoms with van der Waals surface area (Å²) < 4.78 is 37.0. The summed E-state index contributed by atoms with van der Waals surface area (Å²) in [5, 5.41) is 8.65. The Morgan fingerprint density at radius 3 is 2.24 bits per heavy atom. The van der Waals surface area contributed by atoms with Crippen molar-refractivity contribution in [2.45, 2.75) is 97.2 Å². The zero-order chi connectivity index (χ0) is 40.0. The van der Waals surface area contributed by atoms with Gasteiger partial charge in [-0.2, -0.15) is 4.68 Å². The van der Waals surface area contributed by atoms with Crippen molar-refractivity contribution in [2.75, 3.05) is 39.7 Å². The van der Waals surface area contributed by atoms with Crippen LogP contribution in [-0.2, 0) is 29.5 Å². The molecule has 2 aliphatic heterocycles. The third-order valence-corrected chi connectivity index (χ3v) is 11.9. The van der Waals surface area contributed by atoms with Crippen molar-refractivity contribution in [2.24, 2.45) is 0 Å². The molecule has 1 saturated heterocycles. The van der Waals surface area contributed by atoms with Crippen molar-refractivity contribution < 1.29 is 32.3 Å². The zero-order valence-corrected chi connectivity index (χ0v) is 34.1. The van der Waals surface area contributed by atoms with Crippen molar-refractivity contribution >= 4 is 73.6 Å². The zero-order valence-electron chi connectivity index (χ0n) is 32.5. The van der Waals surface area contributed by atoms with E-state index in [1.54, 1.807) is 47.6 Å². The van der Waals surface area contributed by atoms with Crippen LogP contribution in [0.15, 0.2) is 36.4 Å². The van der Waals surface area contributed by atoms with Gasteiger partial charge in [-0.1, -0.05) is 49.2 Å². The number of rotatable bonds is 5. The van der Waals surface area contributed by atoms with Crippen LogP contribution in [0.5, 0.6) is 0 Å². The summed E-state index contributed by atoms with van der Waals surface area (Å²) in [5.74, 6) is 0.639. The molecule has 0 bridgehead atoms. The minimum absolute atomic E-state index is 0.0154. The Morgan fingerprint density at radius 2 is 1.60 bits per heavy atom. The van der Waals surface area contributed by atoms with Gasteiger partial charge in [-0.05, 0) is 84.2 Å². The van der Waals surface area contributed by atoms with E-state index in [0.29, 0.717) is 34.7 Å². The average molecular weight is 792 g/mol. The first kappa shape index (κ1) is 38.5. The number of sulfone groups is 1. The van der Waals surface area contributed by atoms with E-state index in [1.807, 2.05) is 56.0 Å². The molecule has 0 radical (unpaired) electrons. The summed E-state index contributed by atoms with van der Waals surface area (Å²) in [4.78, 5) is 53.9. The van der Waals surface area contributed by atoms with Crippen molar-refractivity contribution in [3.05, 3.63) is 63.9 Å². The second-order valence-electron chi connectivity index (χ2n) is 16.9. The summed E-state index contributed by atoms with van der Waals surface area (Å²) in [7, 11) is -3.15. The number of anilines is 4. The number of fused-ring (bicyclic) bond motifs is 3. The first-order chi connectivity index (χ1) is 25.6. The number of carbonyl (C=O) groups excluding carboxylic acids is 3. The predicted octanol–water partition coefficient (Wildman–Crippen LogP) is 7.38. The number of halogens is 1. The molecule has 1 N–H and O–H groups in total. The minimum atomic E-state index is -3.15. The van der Waals surface area contributed by atoms with E-state index in [2.05, 4.69) is 10.4 Å². The van der Waals surface area contributed by atoms with Crippen molar-refractivity contribution in [3.8, 4) is 0 Å². The summed E-state index contributed by atoms with van der Waals surface area (Å²) in [6.45, 7) is 16.9. The van der Waals surface area contributed by atoms with Crippen LogP contribution in [0.2, 0.25) is 5.02 Å². The summed E-state index contributed by atoms with van der Waals surface area (Å²) in [6.07, 6.45) is -0.987. The molecule has 16 heteroatoms. The molecule has 1 aliphatic carbocycles. The van der Waals surface area contributed by atoms with Crippen LogP contribution in [0.25, 0.3) is 10.9 Å². The van der Waals surface area contributed by atoms with E-state index in [9.17, 15) is 22.8 Å². The number of nitrogens with one attached hydrogen (secondary N) is 1. The number of nitrogens with zero attached hydrogens (tertiary/aromatic N) is 6. The topological polar surface area (TPSA) is 166 Å². The van der Waals surface area contributed by atoms with Crippen molar-refractivity contribution in [3.63, 3.8) is 0 Å². The highest BCUT2D eigenvalue weighted by Crippen LogP contribution is 2.66. The van der Waals surface area contributed by atoms with Gasteiger partial charge in [0.15, 0.2) is 27.3 Å². The third-order valence-electron chi connectivity index (χ3n) is 9.92. The highest BCUT2D eigenvalue weighted by Gasteiger charge is 2.68. The van der Waals surface area contributed by atoms with Gasteiger partial charge < -0.3 is 19.7 Å². The Kier molecular flexibility index (Phi) is 9.23. The van der Waals surface area contributed by atoms with Crippen molar-refractivity contribution in [1.29, 1.82) is 0 Å². The first-order valence-electron chi connectivity index (χ1n) is 18.3. The van der Waals surface area contributed by atoms with Crippen LogP contribution in [0.3, 0.4) is 0 Å². The molecular weight excluding hydrogens is 746 g/mol. The molecule has 4 heterocycles. The van der Waals surface area contributed by atoms with Gasteiger partial charge in [0, 0.05) is 30.3 Å². The highest BCUT2D eigenvalue weighted by atomic mass is 35.5. The number of hydrogen-bond acceptors (Lipinski definition) is 12. The normalized spacial score (nSPS) is 20.6. The van der Waals surface area contributed by atoms with E-state index >= 15 is 0 Å². The number of benzene rings is 2. The maximum absolute atomic E-state index is 14.3. The molecule has 1 spiro atoms. The monoisotopic (exact) mass is 791 g/mol. The minimum Gasteiger partial charge on any atom is -0.443 e. The van der Waals surface area contributed by atoms with Gasteiger partial charge in [-0.25, -0.2) is 32.9 Å². The van der Waals surface area contributed by atoms with Crippen LogP contribution in [0.4, 0.5) is 32.7 Å². The smallest absolute Gasteiger partial charge is 0.435 e. The number of aromatic nitrogens is 4. The van der Waals surface area contributed by atoms with Crippen LogP contribution in [0.1, 0.15) is 96.2 Å². The molecule has 1 saturated carbocycles. The number of carbonyl (C=O) groups is 3. The van der Waals surface area contributed by atoms with Crippen LogP contribution < -0.4 is 15.1 Å². The Bertz CT molecular complexity index is 2370. The molecule has 0 unspecified atom stereocenters. The summed E-state index contributed by atoms with van der Waals surface area (Å²) in [5.41, 5.74) is 0.797. The molecule has 2 atom stereocenters. The lowest BCUT2D eigenvalue weighted by molar-refractivity contribution is -0.120. The predicted molar refractivity (Wildman–Crippen MR) is 211 cm³/mol. The molecule has 55 heavy (non-hydrogen) atoms. The lowest BCUT2D eigenvalue weighted by Gasteiger charge is -2.29. The number of amides is 2. The van der Waals surface area contributed by atoms with Crippen LogP contribution >= 0.6 is 11.6 Å². The van der Waals surface area contributed by atoms with Crippen molar-refractivity contribution in [1.82, 2.24) is 19.7 Å². The van der Waals surface area contributed by atoms with Gasteiger partial charge in [0.2, 0.25) is 5.91 Å². The standard InChI is InChI=1S/C39H46ClN7O7S/c1-21(2)30-41-32(29(40)33(43-30)45-14-16-55(51,52)17-15-45)42-31-24-12-11-23(19-28(24)47(44-31)36(50)54-38(7,8)9)26-20-39(26)25-18-22(3)10-13-27(25)46(34(39)48)35(49)53-37(4,5)6/h10-13,18-19,21,26H,14-17,20H2,1-9H3,(H,41,42,43,44)/t26-,39-/m0/s1. The molecule has 2 fully saturated rings. The number of aryl methyl sites for hydroxylation is 1. The Balaban J connectivity index is 1.29. The fourth-order valence-electron chi connectivity index (χ4n) is 7.24. The van der Waals surface area contributed by atoms with Gasteiger partial charge in [0.1, 0.15) is 22.0 Å². The van der Waals surface area contributed by atoms with Gasteiger partial charge >= 0.3 is 12.2 Å². The molecule has 4 aromatic rings. The maximum Gasteiger partial charge on any atom is 0.435 e. The van der Waals surface area contributed by atoms with Gasteiger partial charge in [0.25, 0.3) is 0 Å². The van der Waals surface area contributed by atoms with Gasteiger partial charge in [-0.3, -0.25) is 4.79 Å². The van der Waals surface area contributed by atoms with Gasteiger partial charge in [0.05, 0.1) is 28.1 Å². The fraction of sp³-hybridized carbons (Fsp3) is 0.487. The first-order valence-corrected chi connectivity index (χ1v) is 20.5. The van der Waals surface area contributed by atoms with E-state index in [0.717, 1.165) is 21.6 Å². The quantitative estimate of drug-likeness (QED) is 0.214. The van der Waals surface area contributed by atoms with E-state index in [-0.39, 0.29) is 59.0 Å². The van der Waals surface area contributed by atoms with E-state index in [1.165, 1.54) is 4.68 Å². The maximum atomic E-state index is 14.3. The molecule has 2 amide bonds. The molecular formula is C39H46ClN7O7S. The Hall–Kier alpha value is -4.76. The Labute approximate surface area is 325 Å². The van der Waals surface area contributed by atoms with Crippen LogP contribution in [0, 0.1) is 6.92 Å². The SMILES string of the molecule is Cc1ccc2c(c1)[C@]1(C[C@H]1c1ccc3c(Nc4nc(C(C)C)nc(N5CCS(=O)(=O)CC5)c4Cl)nn(C(=O)OC(C)(C)C)c3c1)C(=O)N2C(=O)OC(C)(C)C. The lowest BCUT2D eigenvalue weighted by atomic mass is 9.91. The lowest BCUT2D eigenvalue weighted by Crippen LogP contribution is -2.41. The molecule has 2 aromatic heterocycles. The van der Waals surface area contributed by atoms with Gasteiger partial charge in [-0.15, -0.1) is 5.10 Å². The molecule has 3 aliphatic rings. The summed E-state index contributed by atoms with van der Waals surface area (Å²) in [6, 6.07) is 11.2. The Morgan fingerprint density at radius 1 is 0.945 bits per heavy atom. The third kappa shape index (κ3) is 7.12. The average Bonchev–Trinajstić information content (AvgIpc) is 3.66. The number of hydrogen-bond donors (Lipinski definition) is 1. The largest absolute Gasteiger partial charge is 0.443 e. The van der Waals surface area contributed by atoms with E-state index in [4.69, 9.17) is 31.0 Å². The second kappa shape index (κ2) is 13.2. The highest BCUT2D eigenvalue weighted by molar-refractivity contribution is 7.91. The van der Waals surface area contributed by atoms with Crippen LogP contribution in [-0.4, -0.2) is 82.1 Å². The number of imide groups is 1. The summed E-state index contributed by atoms with van der Waals surface area (Å²) >= 11 is 6.95. The molecule has 7 rings (SSSR count).